The molecule has 0 spiro atoms. The predicted molar refractivity (Wildman–Crippen MR) is 86.5 cm³/mol. The lowest BCUT2D eigenvalue weighted by molar-refractivity contribution is 0.346. The molecular weight excluding hydrogens is 298 g/mol. The van der Waals surface area contributed by atoms with E-state index in [9.17, 15) is 8.42 Å². The molecule has 1 aliphatic heterocycles. The Labute approximate surface area is 131 Å². The summed E-state index contributed by atoms with van der Waals surface area (Å²) < 4.78 is 31.2. The molecule has 0 aliphatic carbocycles. The van der Waals surface area contributed by atoms with Crippen LogP contribution in [-0.4, -0.2) is 32.6 Å². The van der Waals surface area contributed by atoms with Gasteiger partial charge in [-0.25, -0.2) is 8.42 Å². The Kier molecular flexibility index (Phi) is 3.93. The molecule has 3 rings (SSSR count). The van der Waals surface area contributed by atoms with Crippen molar-refractivity contribution < 1.29 is 13.2 Å². The molecule has 5 heteroatoms. The third kappa shape index (κ3) is 2.74. The van der Waals surface area contributed by atoms with E-state index in [4.69, 9.17) is 4.74 Å². The van der Waals surface area contributed by atoms with Gasteiger partial charge in [0.15, 0.2) is 0 Å². The number of sulfonamides is 1. The van der Waals surface area contributed by atoms with Crippen molar-refractivity contribution in [3.8, 4) is 5.75 Å². The Morgan fingerprint density at radius 1 is 1.09 bits per heavy atom. The average Bonchev–Trinajstić information content (AvgIpc) is 2.53. The molecule has 1 atom stereocenters. The summed E-state index contributed by atoms with van der Waals surface area (Å²) in [4.78, 5) is 0. The second kappa shape index (κ2) is 5.74. The predicted octanol–water partition coefficient (Wildman–Crippen LogP) is 2.60. The lowest BCUT2D eigenvalue weighted by Gasteiger charge is -2.35. The first-order valence-corrected chi connectivity index (χ1v) is 9.04. The van der Waals surface area contributed by atoms with Gasteiger partial charge in [0.1, 0.15) is 5.75 Å². The Morgan fingerprint density at radius 3 is 2.41 bits per heavy atom. The molecule has 1 aliphatic rings. The quantitative estimate of drug-likeness (QED) is 0.874. The third-order valence-corrected chi connectivity index (χ3v) is 5.34. The summed E-state index contributed by atoms with van der Waals surface area (Å²) in [5.74, 6) is 0.763. The van der Waals surface area contributed by atoms with Crippen LogP contribution in [0.1, 0.15) is 22.7 Å². The first-order chi connectivity index (χ1) is 10.5. The van der Waals surface area contributed by atoms with Crippen LogP contribution in [0.4, 0.5) is 0 Å². The van der Waals surface area contributed by atoms with E-state index in [-0.39, 0.29) is 6.04 Å². The molecule has 0 bridgehead atoms. The maximum Gasteiger partial charge on any atom is 0.212 e. The largest absolute Gasteiger partial charge is 0.497 e. The standard InChI is InChI=1S/C17H19NO3S/c1-21-15-9-7-14(8-10-15)17-16-6-4-3-5-13(16)11-12-18(17)22(2,19)20/h3-10,17H,11-12H2,1-2H3. The van der Waals surface area contributed by atoms with E-state index in [0.29, 0.717) is 6.54 Å². The highest BCUT2D eigenvalue weighted by atomic mass is 32.2. The maximum absolute atomic E-state index is 12.2. The van der Waals surface area contributed by atoms with Gasteiger partial charge in [-0.2, -0.15) is 4.31 Å². The highest BCUT2D eigenvalue weighted by molar-refractivity contribution is 7.88. The summed E-state index contributed by atoms with van der Waals surface area (Å²) in [7, 11) is -1.66. The van der Waals surface area contributed by atoms with E-state index < -0.39 is 10.0 Å². The fourth-order valence-electron chi connectivity index (χ4n) is 3.03. The van der Waals surface area contributed by atoms with Crippen LogP contribution in [0.2, 0.25) is 0 Å². The lowest BCUT2D eigenvalue weighted by Crippen LogP contribution is -2.39. The lowest BCUT2D eigenvalue weighted by atomic mass is 9.90. The van der Waals surface area contributed by atoms with Crippen LogP contribution in [-0.2, 0) is 16.4 Å². The van der Waals surface area contributed by atoms with E-state index in [0.717, 1.165) is 23.3 Å². The van der Waals surface area contributed by atoms with Crippen LogP contribution in [0.25, 0.3) is 0 Å². The van der Waals surface area contributed by atoms with Crippen LogP contribution in [0.5, 0.6) is 5.75 Å². The second-order valence-corrected chi connectivity index (χ2v) is 7.43. The van der Waals surface area contributed by atoms with Gasteiger partial charge in [-0.3, -0.25) is 0 Å². The van der Waals surface area contributed by atoms with E-state index in [1.54, 1.807) is 11.4 Å². The van der Waals surface area contributed by atoms with Crippen molar-refractivity contribution in [3.05, 3.63) is 65.2 Å². The number of rotatable bonds is 3. The van der Waals surface area contributed by atoms with Crippen molar-refractivity contribution in [2.75, 3.05) is 19.9 Å². The second-order valence-electron chi connectivity index (χ2n) is 5.50. The minimum absolute atomic E-state index is 0.272. The summed E-state index contributed by atoms with van der Waals surface area (Å²) in [6, 6.07) is 15.4. The number of benzene rings is 2. The Morgan fingerprint density at radius 2 is 1.77 bits per heavy atom. The summed E-state index contributed by atoms with van der Waals surface area (Å²) >= 11 is 0. The van der Waals surface area contributed by atoms with Crippen LogP contribution in [0.3, 0.4) is 0 Å². The van der Waals surface area contributed by atoms with Crippen LogP contribution >= 0.6 is 0 Å². The number of ether oxygens (including phenoxy) is 1. The average molecular weight is 317 g/mol. The van der Waals surface area contributed by atoms with E-state index in [1.165, 1.54) is 11.8 Å². The van der Waals surface area contributed by atoms with Gasteiger partial charge in [0.2, 0.25) is 10.0 Å². The number of methoxy groups -OCH3 is 1. The monoisotopic (exact) mass is 317 g/mol. The molecule has 1 unspecified atom stereocenters. The molecule has 2 aromatic rings. The van der Waals surface area contributed by atoms with Crippen molar-refractivity contribution in [1.29, 1.82) is 0 Å². The van der Waals surface area contributed by atoms with Crippen molar-refractivity contribution in [2.24, 2.45) is 0 Å². The summed E-state index contributed by atoms with van der Waals surface area (Å²) in [6.45, 7) is 0.506. The summed E-state index contributed by atoms with van der Waals surface area (Å²) in [6.07, 6.45) is 2.02. The number of hydrogen-bond acceptors (Lipinski definition) is 3. The smallest absolute Gasteiger partial charge is 0.212 e. The van der Waals surface area contributed by atoms with Crippen LogP contribution in [0, 0.1) is 0 Å². The molecule has 0 N–H and O–H groups in total. The molecule has 4 nitrogen and oxygen atoms in total. The fourth-order valence-corrected chi connectivity index (χ4v) is 4.07. The molecule has 22 heavy (non-hydrogen) atoms. The fraction of sp³-hybridized carbons (Fsp3) is 0.294. The molecule has 0 aromatic heterocycles. The normalized spacial score (nSPS) is 18.7. The first-order valence-electron chi connectivity index (χ1n) is 7.19. The molecular formula is C17H19NO3S. The van der Waals surface area contributed by atoms with Crippen molar-refractivity contribution in [1.82, 2.24) is 4.31 Å². The molecule has 1 heterocycles. The highest BCUT2D eigenvalue weighted by Crippen LogP contribution is 2.37. The summed E-state index contributed by atoms with van der Waals surface area (Å²) in [5, 5.41) is 0. The van der Waals surface area contributed by atoms with Crippen molar-refractivity contribution in [2.45, 2.75) is 12.5 Å². The zero-order valence-corrected chi connectivity index (χ0v) is 13.5. The molecule has 0 saturated carbocycles. The number of fused-ring (bicyclic) bond motifs is 1. The van der Waals surface area contributed by atoms with E-state index in [1.807, 2.05) is 42.5 Å². The molecule has 0 fully saturated rings. The van der Waals surface area contributed by atoms with Gasteiger partial charge in [-0.1, -0.05) is 36.4 Å². The van der Waals surface area contributed by atoms with Crippen molar-refractivity contribution in [3.63, 3.8) is 0 Å². The molecule has 116 valence electrons. The maximum atomic E-state index is 12.2. The first kappa shape index (κ1) is 15.1. The van der Waals surface area contributed by atoms with Crippen LogP contribution < -0.4 is 4.74 Å². The van der Waals surface area contributed by atoms with Gasteiger partial charge >= 0.3 is 0 Å². The zero-order chi connectivity index (χ0) is 15.7. The number of hydrogen-bond donors (Lipinski definition) is 0. The zero-order valence-electron chi connectivity index (χ0n) is 12.7. The third-order valence-electron chi connectivity index (χ3n) is 4.10. The molecule has 2 aromatic carbocycles. The molecule has 0 radical (unpaired) electrons. The van der Waals surface area contributed by atoms with E-state index >= 15 is 0 Å². The summed E-state index contributed by atoms with van der Waals surface area (Å²) in [5.41, 5.74) is 3.23. The topological polar surface area (TPSA) is 46.6 Å². The number of nitrogens with zero attached hydrogens (tertiary/aromatic N) is 1. The van der Waals surface area contributed by atoms with Crippen LogP contribution in [0.15, 0.2) is 48.5 Å². The van der Waals surface area contributed by atoms with Gasteiger partial charge in [-0.05, 0) is 35.2 Å². The molecule has 0 saturated heterocycles. The Bertz CT molecular complexity index is 769. The van der Waals surface area contributed by atoms with Crippen molar-refractivity contribution >= 4 is 10.0 Å². The Hall–Kier alpha value is -1.85. The van der Waals surface area contributed by atoms with Gasteiger partial charge in [0.25, 0.3) is 0 Å². The molecule has 0 amide bonds. The van der Waals surface area contributed by atoms with Gasteiger partial charge in [0.05, 0.1) is 19.4 Å². The highest BCUT2D eigenvalue weighted by Gasteiger charge is 2.33. The van der Waals surface area contributed by atoms with Gasteiger partial charge < -0.3 is 4.74 Å². The minimum atomic E-state index is -3.28. The minimum Gasteiger partial charge on any atom is -0.497 e. The van der Waals surface area contributed by atoms with E-state index in [2.05, 4.69) is 6.07 Å². The SMILES string of the molecule is COc1ccc(C2c3ccccc3CCN2S(C)(=O)=O)cc1. The Balaban J connectivity index is 2.13. The van der Waals surface area contributed by atoms with Gasteiger partial charge in [-0.15, -0.1) is 0 Å². The van der Waals surface area contributed by atoms with Gasteiger partial charge in [0, 0.05) is 6.54 Å².